The van der Waals surface area contributed by atoms with Crippen LogP contribution in [0.25, 0.3) is 0 Å². The zero-order valence-corrected chi connectivity index (χ0v) is 28.2. The Morgan fingerprint density at radius 2 is 0.370 bits per heavy atom. The van der Waals surface area contributed by atoms with Gasteiger partial charge in [0.2, 0.25) is 0 Å². The van der Waals surface area contributed by atoms with E-state index in [1.807, 2.05) is 0 Å². The van der Waals surface area contributed by atoms with Crippen LogP contribution in [0.1, 0.15) is 0 Å². The minimum Gasteiger partial charge on any atom is -0.793 e. The van der Waals surface area contributed by atoms with Gasteiger partial charge in [-0.05, 0) is 0 Å². The SMILES string of the molecule is O=P([O-])(c1ccccc1)c1ccccc1.O=P([O-])(c1ccccc1)c1ccccc1.O=P([O-])(c1ccccc1)c1ccccc1.[Co+3]. The van der Waals surface area contributed by atoms with Gasteiger partial charge in [-0.3, -0.25) is 0 Å². The fourth-order valence-electron chi connectivity index (χ4n) is 4.19. The molecule has 0 N–H and O–H groups in total. The average molecular weight is 710 g/mol. The molecule has 0 aliphatic rings. The van der Waals surface area contributed by atoms with E-state index in [0.717, 1.165) is 0 Å². The van der Waals surface area contributed by atoms with Crippen molar-refractivity contribution in [3.8, 4) is 0 Å². The monoisotopic (exact) mass is 710 g/mol. The van der Waals surface area contributed by atoms with E-state index in [1.165, 1.54) is 0 Å². The minimum absolute atomic E-state index is 0. The van der Waals surface area contributed by atoms with Crippen molar-refractivity contribution in [2.24, 2.45) is 0 Å². The summed E-state index contributed by atoms with van der Waals surface area (Å²) in [5.41, 5.74) is 0. The summed E-state index contributed by atoms with van der Waals surface area (Å²) in [5.74, 6) is 0. The van der Waals surface area contributed by atoms with E-state index < -0.39 is 22.1 Å². The molecular formula is C36H30CoO6P3. The Bertz CT molecular complexity index is 1540. The van der Waals surface area contributed by atoms with Crippen molar-refractivity contribution in [2.45, 2.75) is 0 Å². The Labute approximate surface area is 280 Å². The maximum Gasteiger partial charge on any atom is 3.00 e. The first-order valence-electron chi connectivity index (χ1n) is 13.9. The molecule has 0 spiro atoms. The summed E-state index contributed by atoms with van der Waals surface area (Å²) in [6.45, 7) is 0. The maximum atomic E-state index is 12.1. The first-order valence-corrected chi connectivity index (χ1v) is 18.8. The van der Waals surface area contributed by atoms with E-state index in [4.69, 9.17) is 0 Å². The van der Waals surface area contributed by atoms with Gasteiger partial charge in [0.1, 0.15) is 0 Å². The molecule has 6 nitrogen and oxygen atoms in total. The summed E-state index contributed by atoms with van der Waals surface area (Å²) >= 11 is 0. The van der Waals surface area contributed by atoms with E-state index in [0.29, 0.717) is 31.8 Å². The molecule has 0 heterocycles. The molecule has 0 atom stereocenters. The van der Waals surface area contributed by atoms with Crippen molar-refractivity contribution in [1.82, 2.24) is 0 Å². The largest absolute Gasteiger partial charge is 3.00 e. The van der Waals surface area contributed by atoms with Crippen LogP contribution >= 0.6 is 22.1 Å². The van der Waals surface area contributed by atoms with Gasteiger partial charge in [0.15, 0.2) is 0 Å². The molecule has 6 aromatic carbocycles. The van der Waals surface area contributed by atoms with Crippen LogP contribution in [0.4, 0.5) is 0 Å². The first-order chi connectivity index (χ1) is 21.6. The van der Waals surface area contributed by atoms with E-state index >= 15 is 0 Å². The zero-order chi connectivity index (χ0) is 32.2. The van der Waals surface area contributed by atoms with E-state index in [1.54, 1.807) is 182 Å². The number of rotatable bonds is 6. The predicted molar refractivity (Wildman–Crippen MR) is 179 cm³/mol. The van der Waals surface area contributed by atoms with Crippen LogP contribution in [0.3, 0.4) is 0 Å². The molecule has 0 saturated heterocycles. The molecule has 0 aliphatic carbocycles. The second kappa shape index (κ2) is 17.4. The summed E-state index contributed by atoms with van der Waals surface area (Å²) in [6.07, 6.45) is 0. The van der Waals surface area contributed by atoms with Crippen LogP contribution in [0.15, 0.2) is 182 Å². The van der Waals surface area contributed by atoms with Crippen LogP contribution in [0.5, 0.6) is 0 Å². The third-order valence-corrected chi connectivity index (χ3v) is 12.4. The molecule has 0 aliphatic heterocycles. The molecular weight excluding hydrogens is 680 g/mol. The zero-order valence-electron chi connectivity index (χ0n) is 24.4. The molecule has 0 aromatic heterocycles. The molecule has 0 radical (unpaired) electrons. The van der Waals surface area contributed by atoms with Crippen LogP contribution in [0, 0.1) is 0 Å². The number of hydrogen-bond donors (Lipinski definition) is 0. The number of hydrogen-bond acceptors (Lipinski definition) is 6. The van der Waals surface area contributed by atoms with Crippen LogP contribution in [0.2, 0.25) is 0 Å². The van der Waals surface area contributed by atoms with Gasteiger partial charge in [0.25, 0.3) is 0 Å². The third-order valence-electron chi connectivity index (χ3n) is 6.58. The van der Waals surface area contributed by atoms with Crippen molar-refractivity contribution >= 4 is 53.9 Å². The van der Waals surface area contributed by atoms with E-state index in [2.05, 4.69) is 0 Å². The van der Waals surface area contributed by atoms with Crippen molar-refractivity contribution in [1.29, 1.82) is 0 Å². The second-order valence-electron chi connectivity index (χ2n) is 9.67. The summed E-state index contributed by atoms with van der Waals surface area (Å²) < 4.78 is 36.2. The minimum atomic E-state index is -3.65. The van der Waals surface area contributed by atoms with Gasteiger partial charge in [-0.25, -0.2) is 0 Å². The normalized spacial score (nSPS) is 11.0. The van der Waals surface area contributed by atoms with Crippen molar-refractivity contribution in [3.63, 3.8) is 0 Å². The Morgan fingerprint density at radius 3 is 0.478 bits per heavy atom. The quantitative estimate of drug-likeness (QED) is 0.243. The summed E-state index contributed by atoms with van der Waals surface area (Å²) in [5, 5.41) is 2.15. The van der Waals surface area contributed by atoms with Gasteiger partial charge in [-0.15, -0.1) is 0 Å². The Morgan fingerprint density at radius 1 is 0.261 bits per heavy atom. The maximum absolute atomic E-state index is 12.1. The number of benzene rings is 6. The fraction of sp³-hybridized carbons (Fsp3) is 0. The molecule has 0 bridgehead atoms. The van der Waals surface area contributed by atoms with Gasteiger partial charge in [0, 0.05) is 31.8 Å². The van der Waals surface area contributed by atoms with Gasteiger partial charge < -0.3 is 28.4 Å². The molecule has 0 fully saturated rings. The average Bonchev–Trinajstić information content (AvgIpc) is 3.11. The standard InChI is InChI=1S/3C12H11O2P.Co/c3*13-15(14,11-7-3-1-4-8-11)12-9-5-2-6-10-12;/h3*1-10H,(H,13,14);/q;;;+3/p-3. The smallest absolute Gasteiger partial charge is 0.793 e. The van der Waals surface area contributed by atoms with Gasteiger partial charge in [-0.2, -0.15) is 0 Å². The molecule has 0 amide bonds. The summed E-state index contributed by atoms with van der Waals surface area (Å²) in [4.78, 5) is 36.2. The molecule has 0 unspecified atom stereocenters. The molecule has 46 heavy (non-hydrogen) atoms. The Hall–Kier alpha value is -3.60. The predicted octanol–water partition coefficient (Wildman–Crippen LogP) is 3.82. The second-order valence-corrected chi connectivity index (χ2v) is 16.1. The van der Waals surface area contributed by atoms with Gasteiger partial charge in [0.05, 0.1) is 22.1 Å². The summed E-state index contributed by atoms with van der Waals surface area (Å²) in [6, 6.07) is 50.8. The fourth-order valence-corrected chi connectivity index (χ4v) is 8.47. The van der Waals surface area contributed by atoms with Crippen molar-refractivity contribution < 1.29 is 45.2 Å². The van der Waals surface area contributed by atoms with Crippen LogP contribution < -0.4 is 46.5 Å². The van der Waals surface area contributed by atoms with Crippen LogP contribution in [-0.2, 0) is 30.5 Å². The topological polar surface area (TPSA) is 120 Å². The Kier molecular flexibility index (Phi) is 13.9. The summed E-state index contributed by atoms with van der Waals surface area (Å²) in [7, 11) is -10.9. The van der Waals surface area contributed by atoms with Crippen LogP contribution in [-0.4, -0.2) is 0 Å². The van der Waals surface area contributed by atoms with E-state index in [-0.39, 0.29) is 16.8 Å². The molecule has 6 aromatic rings. The first kappa shape index (κ1) is 36.9. The van der Waals surface area contributed by atoms with Gasteiger partial charge in [-0.1, -0.05) is 182 Å². The van der Waals surface area contributed by atoms with Gasteiger partial charge >= 0.3 is 16.8 Å². The third kappa shape index (κ3) is 9.70. The Balaban J connectivity index is 0.000000186. The van der Waals surface area contributed by atoms with Crippen molar-refractivity contribution in [2.75, 3.05) is 0 Å². The van der Waals surface area contributed by atoms with E-state index in [9.17, 15) is 28.4 Å². The molecule has 6 rings (SSSR count). The van der Waals surface area contributed by atoms with Crippen molar-refractivity contribution in [3.05, 3.63) is 182 Å². The molecule has 10 heteroatoms. The molecule has 234 valence electrons. The molecule has 0 saturated carbocycles.